The van der Waals surface area contributed by atoms with Crippen LogP contribution in [0, 0.1) is 0 Å². The Morgan fingerprint density at radius 1 is 0.667 bits per heavy atom. The quantitative estimate of drug-likeness (QED) is 0.533. The van der Waals surface area contributed by atoms with E-state index in [1.807, 2.05) is 11.1 Å². The summed E-state index contributed by atoms with van der Waals surface area (Å²) >= 11 is -1.96. The number of rotatable bonds is 2. The molecule has 0 radical (unpaired) electrons. The molecule has 0 unspecified atom stereocenters. The summed E-state index contributed by atoms with van der Waals surface area (Å²) in [5, 5.41) is 0. The average molecular weight is 358 g/mol. The van der Waals surface area contributed by atoms with Crippen LogP contribution in [0.5, 0.6) is 0 Å². The third-order valence-electron chi connectivity index (χ3n) is 6.91. The van der Waals surface area contributed by atoms with Crippen molar-refractivity contribution in [2.24, 2.45) is 0 Å². The molecule has 0 bridgehead atoms. The molecule has 1 aliphatic heterocycles. The van der Waals surface area contributed by atoms with Gasteiger partial charge in [-0.3, -0.25) is 0 Å². The first-order valence-corrected chi connectivity index (χ1v) is 15.5. The Morgan fingerprint density at radius 2 is 1.14 bits per heavy atom. The zero-order chi connectivity index (χ0) is 13.9. The second kappa shape index (κ2) is 4.92. The van der Waals surface area contributed by atoms with E-state index in [0.717, 1.165) is 7.25 Å². The summed E-state index contributed by atoms with van der Waals surface area (Å²) in [6.45, 7) is 0. The first kappa shape index (κ1) is 13.3. The van der Waals surface area contributed by atoms with Gasteiger partial charge in [0.25, 0.3) is 0 Å². The minimum absolute atomic E-state index is 0.998. The summed E-state index contributed by atoms with van der Waals surface area (Å²) in [6, 6.07) is 0. The van der Waals surface area contributed by atoms with Gasteiger partial charge in [-0.2, -0.15) is 0 Å². The molecule has 0 aromatic carbocycles. The van der Waals surface area contributed by atoms with Gasteiger partial charge in [-0.15, -0.1) is 0 Å². The summed E-state index contributed by atoms with van der Waals surface area (Å²) in [4.78, 5) is 0. The van der Waals surface area contributed by atoms with E-state index < -0.39 is 20.3 Å². The third kappa shape index (κ3) is 1.96. The van der Waals surface area contributed by atoms with Crippen LogP contribution >= 0.6 is 0 Å². The van der Waals surface area contributed by atoms with Crippen LogP contribution in [0.2, 0.25) is 15.5 Å². The fourth-order valence-electron chi connectivity index (χ4n) is 5.69. The molecule has 21 heavy (non-hydrogen) atoms. The predicted octanol–water partition coefficient (Wildman–Crippen LogP) is 6.45. The van der Waals surface area contributed by atoms with Crippen LogP contribution in [0.25, 0.3) is 0 Å². The van der Waals surface area contributed by atoms with E-state index in [2.05, 4.69) is 24.3 Å². The van der Waals surface area contributed by atoms with Crippen LogP contribution in [-0.4, -0.2) is 0 Å². The normalized spacial score (nSPS) is 36.2. The second-order valence-corrected chi connectivity index (χ2v) is 19.5. The van der Waals surface area contributed by atoms with Gasteiger partial charge in [-0.1, -0.05) is 0 Å². The van der Waals surface area contributed by atoms with Crippen molar-refractivity contribution in [2.75, 3.05) is 0 Å². The third-order valence-corrected chi connectivity index (χ3v) is 19.7. The van der Waals surface area contributed by atoms with Gasteiger partial charge in [0, 0.05) is 0 Å². The van der Waals surface area contributed by atoms with Gasteiger partial charge < -0.3 is 0 Å². The molecule has 5 aliphatic rings. The minimum atomic E-state index is -1.96. The van der Waals surface area contributed by atoms with Gasteiger partial charge in [0.15, 0.2) is 0 Å². The van der Waals surface area contributed by atoms with Crippen LogP contribution in [0.4, 0.5) is 0 Å². The van der Waals surface area contributed by atoms with Crippen LogP contribution in [0.3, 0.4) is 0 Å². The SMILES string of the molecule is C1=C[C@@H]([Zr]2([C@@H]3C=CC4=C3CCCC4)[CH2][CH2]2)C2=C1CCCC2. The van der Waals surface area contributed by atoms with Crippen LogP contribution in [0.1, 0.15) is 51.4 Å². The second-order valence-electron chi connectivity index (χ2n) is 7.92. The molecule has 1 heterocycles. The predicted molar refractivity (Wildman–Crippen MR) is 86.4 cm³/mol. The Hall–Kier alpha value is -0.157. The Labute approximate surface area is 133 Å². The molecule has 0 amide bonds. The van der Waals surface area contributed by atoms with Crippen molar-refractivity contribution < 1.29 is 20.3 Å². The van der Waals surface area contributed by atoms with Crippen molar-refractivity contribution in [1.29, 1.82) is 0 Å². The number of hydrogen-bond acceptors (Lipinski definition) is 0. The monoisotopic (exact) mass is 356 g/mol. The zero-order valence-electron chi connectivity index (χ0n) is 13.0. The van der Waals surface area contributed by atoms with Gasteiger partial charge in [0.05, 0.1) is 0 Å². The van der Waals surface area contributed by atoms with Crippen molar-refractivity contribution in [3.63, 3.8) is 0 Å². The van der Waals surface area contributed by atoms with Crippen molar-refractivity contribution in [1.82, 2.24) is 0 Å². The summed E-state index contributed by atoms with van der Waals surface area (Å²) < 4.78 is 5.34. The van der Waals surface area contributed by atoms with Crippen molar-refractivity contribution in [3.8, 4) is 0 Å². The maximum absolute atomic E-state index is 2.69. The van der Waals surface area contributed by atoms with Gasteiger partial charge in [-0.25, -0.2) is 0 Å². The van der Waals surface area contributed by atoms with Crippen LogP contribution < -0.4 is 0 Å². The molecule has 4 aliphatic carbocycles. The average Bonchev–Trinajstić information content (AvgIpc) is 3.03. The molecule has 1 heteroatoms. The molecule has 110 valence electrons. The van der Waals surface area contributed by atoms with Gasteiger partial charge in [-0.05, 0) is 0 Å². The van der Waals surface area contributed by atoms with E-state index in [0.29, 0.717) is 0 Å². The number of hydrogen-bond donors (Lipinski definition) is 0. The van der Waals surface area contributed by atoms with Gasteiger partial charge >= 0.3 is 134 Å². The molecule has 0 spiro atoms. The van der Waals surface area contributed by atoms with Crippen molar-refractivity contribution in [2.45, 2.75) is 66.9 Å². The van der Waals surface area contributed by atoms with E-state index in [9.17, 15) is 0 Å². The maximum atomic E-state index is 2.69. The molecular formula is C20H26Zr. The summed E-state index contributed by atoms with van der Waals surface area (Å²) in [7, 11) is 0. The van der Waals surface area contributed by atoms with Crippen LogP contribution in [0.15, 0.2) is 46.6 Å². The molecule has 1 fully saturated rings. The molecule has 0 aromatic heterocycles. The first-order chi connectivity index (χ1) is 10.4. The Bertz CT molecular complexity index is 547. The Morgan fingerprint density at radius 3 is 1.62 bits per heavy atom. The zero-order valence-corrected chi connectivity index (χ0v) is 15.5. The molecular weight excluding hydrogens is 331 g/mol. The summed E-state index contributed by atoms with van der Waals surface area (Å²) in [5.41, 5.74) is 7.42. The molecule has 5 rings (SSSR count). The van der Waals surface area contributed by atoms with E-state index >= 15 is 0 Å². The molecule has 0 N–H and O–H groups in total. The Kier molecular flexibility index (Phi) is 3.12. The molecule has 2 atom stereocenters. The van der Waals surface area contributed by atoms with Crippen LogP contribution in [-0.2, 0) is 20.3 Å². The fraction of sp³-hybridized carbons (Fsp3) is 0.600. The van der Waals surface area contributed by atoms with E-state index in [-0.39, 0.29) is 0 Å². The molecule has 0 aromatic rings. The fourth-order valence-corrected chi connectivity index (χ4v) is 22.0. The molecule has 0 nitrogen and oxygen atoms in total. The van der Waals surface area contributed by atoms with E-state index in [4.69, 9.17) is 0 Å². The van der Waals surface area contributed by atoms with Gasteiger partial charge in [0.1, 0.15) is 0 Å². The topological polar surface area (TPSA) is 0 Å². The van der Waals surface area contributed by atoms with Crippen molar-refractivity contribution >= 4 is 0 Å². The van der Waals surface area contributed by atoms with E-state index in [1.54, 1.807) is 19.4 Å². The standard InChI is InChI=1S/2C9H11.C2H4.Zr/c2*1-2-5-9-7-3-6-8(9)4-1;1-2;/h2*3,6-7H,1-2,4-5H2;1-2H2;. The van der Waals surface area contributed by atoms with E-state index in [1.165, 1.54) is 51.4 Å². The molecule has 1 saturated heterocycles. The number of allylic oxidation sites excluding steroid dienone is 8. The molecule has 0 saturated carbocycles. The summed E-state index contributed by atoms with van der Waals surface area (Å²) in [5.74, 6) is 0. The van der Waals surface area contributed by atoms with Crippen molar-refractivity contribution in [3.05, 3.63) is 46.6 Å². The summed E-state index contributed by atoms with van der Waals surface area (Å²) in [6.07, 6.45) is 21.9. The Balaban J connectivity index is 1.50. The first-order valence-electron chi connectivity index (χ1n) is 9.19. The van der Waals surface area contributed by atoms with Gasteiger partial charge in [0.2, 0.25) is 0 Å².